The Kier molecular flexibility index (Phi) is 2.84. The molecule has 1 aromatic carbocycles. The van der Waals surface area contributed by atoms with Crippen molar-refractivity contribution in [2.45, 2.75) is 24.9 Å². The summed E-state index contributed by atoms with van der Waals surface area (Å²) in [5, 5.41) is 10.6. The lowest BCUT2D eigenvalue weighted by Crippen LogP contribution is -2.14. The van der Waals surface area contributed by atoms with Gasteiger partial charge in [-0.1, -0.05) is 0 Å². The van der Waals surface area contributed by atoms with Crippen LogP contribution in [0.1, 0.15) is 29.9 Å². The van der Waals surface area contributed by atoms with E-state index in [1.54, 1.807) is 0 Å². The predicted octanol–water partition coefficient (Wildman–Crippen LogP) is 3.25. The van der Waals surface area contributed by atoms with Gasteiger partial charge in [-0.2, -0.15) is 13.2 Å². The number of benzene rings is 1. The summed E-state index contributed by atoms with van der Waals surface area (Å²) in [4.78, 5) is 10.5. The molecule has 18 heavy (non-hydrogen) atoms. The Morgan fingerprint density at radius 3 is 2.44 bits per heavy atom. The number of halogens is 3. The van der Waals surface area contributed by atoms with E-state index in [-0.39, 0.29) is 22.9 Å². The molecule has 1 aliphatic carbocycles. The molecule has 98 valence electrons. The zero-order valence-electron chi connectivity index (χ0n) is 9.21. The average molecular weight is 260 g/mol. The van der Waals surface area contributed by atoms with E-state index in [0.29, 0.717) is 12.8 Å². The topological polar surface area (TPSA) is 75.3 Å². The summed E-state index contributed by atoms with van der Waals surface area (Å²) in [6.45, 7) is 0. The third kappa shape index (κ3) is 2.49. The second kappa shape index (κ2) is 4.08. The summed E-state index contributed by atoms with van der Waals surface area (Å²) in [6.07, 6.45) is -4.48. The first-order valence-electron chi connectivity index (χ1n) is 5.29. The van der Waals surface area contributed by atoms with E-state index in [0.717, 1.165) is 6.07 Å². The molecule has 4 N–H and O–H groups in total. The number of nitrogens with two attached hydrogens (primary N) is 1. The summed E-state index contributed by atoms with van der Waals surface area (Å²) in [5.74, 6) is -0.156. The summed E-state index contributed by atoms with van der Waals surface area (Å²) < 4.78 is 38.5. The minimum absolute atomic E-state index is 0.00241. The number of hydrogen-bond donors (Lipinski definition) is 3. The molecule has 1 aromatic rings. The zero-order valence-corrected chi connectivity index (χ0v) is 9.21. The van der Waals surface area contributed by atoms with Gasteiger partial charge in [-0.15, -0.1) is 0 Å². The molecule has 1 amide bonds. The maximum absolute atomic E-state index is 12.8. The van der Waals surface area contributed by atoms with Gasteiger partial charge in [-0.25, -0.2) is 4.79 Å². The fourth-order valence-corrected chi connectivity index (χ4v) is 1.83. The fraction of sp³-hybridized carbons (Fsp3) is 0.364. The third-order valence-corrected chi connectivity index (χ3v) is 2.79. The van der Waals surface area contributed by atoms with Gasteiger partial charge in [0.2, 0.25) is 0 Å². The minimum atomic E-state index is -4.48. The zero-order chi connectivity index (χ0) is 13.5. The van der Waals surface area contributed by atoms with Gasteiger partial charge >= 0.3 is 12.3 Å². The summed E-state index contributed by atoms with van der Waals surface area (Å²) in [6, 6.07) is 1.98. The Morgan fingerprint density at radius 2 is 2.00 bits per heavy atom. The standard InChI is InChI=1S/C11H11F3N2O2/c12-11(13,14)7-4-8(15)9(16-10(17)18)3-6(7)5-1-2-5/h3-5,16H,1-2,15H2,(H,17,18). The second-order valence-electron chi connectivity index (χ2n) is 4.23. The SMILES string of the molecule is Nc1cc(C(F)(F)F)c(C2CC2)cc1NC(=O)O. The highest BCUT2D eigenvalue weighted by Crippen LogP contribution is 2.47. The molecule has 1 fully saturated rings. The molecule has 0 bridgehead atoms. The molecule has 4 nitrogen and oxygen atoms in total. The van der Waals surface area contributed by atoms with Crippen molar-refractivity contribution in [2.75, 3.05) is 11.1 Å². The molecule has 0 unspecified atom stereocenters. The normalized spacial score (nSPS) is 15.5. The van der Waals surface area contributed by atoms with E-state index in [1.807, 2.05) is 5.32 Å². The maximum Gasteiger partial charge on any atom is 0.416 e. The van der Waals surface area contributed by atoms with Crippen LogP contribution < -0.4 is 11.1 Å². The molecule has 7 heteroatoms. The van der Waals surface area contributed by atoms with Crippen molar-refractivity contribution in [3.8, 4) is 0 Å². The maximum atomic E-state index is 12.8. The van der Waals surface area contributed by atoms with Crippen LogP contribution in [0.3, 0.4) is 0 Å². The van der Waals surface area contributed by atoms with E-state index in [1.165, 1.54) is 6.07 Å². The number of amides is 1. The second-order valence-corrected chi connectivity index (χ2v) is 4.23. The van der Waals surface area contributed by atoms with Gasteiger partial charge in [0.15, 0.2) is 0 Å². The first kappa shape index (κ1) is 12.5. The molecule has 1 aliphatic rings. The monoisotopic (exact) mass is 260 g/mol. The van der Waals surface area contributed by atoms with Gasteiger partial charge in [-0.3, -0.25) is 5.32 Å². The summed E-state index contributed by atoms with van der Waals surface area (Å²) in [5.41, 5.74) is 4.53. The van der Waals surface area contributed by atoms with Crippen LogP contribution in [0.2, 0.25) is 0 Å². The number of rotatable bonds is 2. The fourth-order valence-electron chi connectivity index (χ4n) is 1.83. The quantitative estimate of drug-likeness (QED) is 0.714. The lowest BCUT2D eigenvalue weighted by Gasteiger charge is -2.16. The van der Waals surface area contributed by atoms with E-state index >= 15 is 0 Å². The highest BCUT2D eigenvalue weighted by molar-refractivity contribution is 5.88. The molecular weight excluding hydrogens is 249 g/mol. The van der Waals surface area contributed by atoms with Crippen molar-refractivity contribution in [3.63, 3.8) is 0 Å². The number of hydrogen-bond acceptors (Lipinski definition) is 2. The minimum Gasteiger partial charge on any atom is -0.465 e. The van der Waals surface area contributed by atoms with Crippen LogP contribution in [0, 0.1) is 0 Å². The number of alkyl halides is 3. The molecule has 0 heterocycles. The van der Waals surface area contributed by atoms with Crippen LogP contribution in [-0.4, -0.2) is 11.2 Å². The number of anilines is 2. The lowest BCUT2D eigenvalue weighted by molar-refractivity contribution is -0.138. The van der Waals surface area contributed by atoms with Crippen LogP contribution in [0.25, 0.3) is 0 Å². The van der Waals surface area contributed by atoms with E-state index in [4.69, 9.17) is 10.8 Å². The molecule has 0 aliphatic heterocycles. The first-order chi connectivity index (χ1) is 8.29. The molecule has 0 spiro atoms. The molecule has 2 rings (SSSR count). The van der Waals surface area contributed by atoms with Gasteiger partial charge in [0.05, 0.1) is 16.9 Å². The van der Waals surface area contributed by atoms with Crippen LogP contribution in [0.15, 0.2) is 12.1 Å². The van der Waals surface area contributed by atoms with Gasteiger partial charge in [0, 0.05) is 0 Å². The van der Waals surface area contributed by atoms with Gasteiger partial charge in [-0.05, 0) is 36.5 Å². The van der Waals surface area contributed by atoms with E-state index in [9.17, 15) is 18.0 Å². The summed E-state index contributed by atoms with van der Waals surface area (Å²) >= 11 is 0. The van der Waals surface area contributed by atoms with Crippen LogP contribution in [-0.2, 0) is 6.18 Å². The van der Waals surface area contributed by atoms with Crippen molar-refractivity contribution in [1.82, 2.24) is 0 Å². The Hall–Kier alpha value is -1.92. The Balaban J connectivity index is 2.49. The predicted molar refractivity (Wildman–Crippen MR) is 59.5 cm³/mol. The Bertz CT molecular complexity index is 496. The van der Waals surface area contributed by atoms with E-state index in [2.05, 4.69) is 0 Å². The summed E-state index contributed by atoms with van der Waals surface area (Å²) in [7, 11) is 0. The van der Waals surface area contributed by atoms with Crippen molar-refractivity contribution in [3.05, 3.63) is 23.3 Å². The molecule has 0 atom stereocenters. The number of carbonyl (C=O) groups is 1. The highest BCUT2D eigenvalue weighted by Gasteiger charge is 2.38. The molecule has 0 radical (unpaired) electrons. The number of carboxylic acid groups (broad SMARTS) is 1. The number of nitrogen functional groups attached to an aromatic ring is 1. The van der Waals surface area contributed by atoms with Crippen molar-refractivity contribution in [1.29, 1.82) is 0 Å². The molecule has 1 saturated carbocycles. The largest absolute Gasteiger partial charge is 0.465 e. The van der Waals surface area contributed by atoms with Crippen molar-refractivity contribution < 1.29 is 23.1 Å². The van der Waals surface area contributed by atoms with Crippen molar-refractivity contribution >= 4 is 17.5 Å². The smallest absolute Gasteiger partial charge is 0.416 e. The third-order valence-electron chi connectivity index (χ3n) is 2.79. The van der Waals surface area contributed by atoms with Gasteiger partial charge < -0.3 is 10.8 Å². The Morgan fingerprint density at radius 1 is 1.39 bits per heavy atom. The van der Waals surface area contributed by atoms with Crippen molar-refractivity contribution in [2.24, 2.45) is 0 Å². The van der Waals surface area contributed by atoms with Crippen LogP contribution in [0.5, 0.6) is 0 Å². The number of nitrogens with one attached hydrogen (secondary N) is 1. The molecule has 0 aromatic heterocycles. The molecule has 0 saturated heterocycles. The molecular formula is C11H11F3N2O2. The van der Waals surface area contributed by atoms with Gasteiger partial charge in [0.1, 0.15) is 0 Å². The first-order valence-corrected chi connectivity index (χ1v) is 5.29. The Labute approximate surface area is 101 Å². The van der Waals surface area contributed by atoms with Gasteiger partial charge in [0.25, 0.3) is 0 Å². The van der Waals surface area contributed by atoms with E-state index < -0.39 is 17.8 Å². The van der Waals surface area contributed by atoms with Crippen LogP contribution >= 0.6 is 0 Å². The lowest BCUT2D eigenvalue weighted by atomic mass is 10.0. The highest BCUT2D eigenvalue weighted by atomic mass is 19.4. The average Bonchev–Trinajstić information content (AvgIpc) is 3.01. The van der Waals surface area contributed by atoms with Crippen LogP contribution in [0.4, 0.5) is 29.3 Å².